The molecule has 3 N–H and O–H groups in total. The minimum absolute atomic E-state index is 0.366. The van der Waals surface area contributed by atoms with Crippen LogP contribution in [0.5, 0.6) is 0 Å². The van der Waals surface area contributed by atoms with Gasteiger partial charge in [0.1, 0.15) is 0 Å². The van der Waals surface area contributed by atoms with Crippen LogP contribution in [0, 0.1) is 0 Å². The maximum absolute atomic E-state index is 11.9. The molecule has 6 heteroatoms. The number of urea groups is 1. The molecule has 1 aliphatic carbocycles. The first kappa shape index (κ1) is 12.6. The lowest BCUT2D eigenvalue weighted by molar-refractivity contribution is 0.144. The number of fused-ring (bicyclic) bond motifs is 1. The van der Waals surface area contributed by atoms with Crippen molar-refractivity contribution < 1.29 is 9.90 Å². The van der Waals surface area contributed by atoms with Gasteiger partial charge in [-0.3, -0.25) is 5.32 Å². The summed E-state index contributed by atoms with van der Waals surface area (Å²) in [4.78, 5) is 11.9. The molecule has 1 aromatic heterocycles. The fourth-order valence-electron chi connectivity index (χ4n) is 2.41. The summed E-state index contributed by atoms with van der Waals surface area (Å²) in [5.74, 6) is 0.366. The van der Waals surface area contributed by atoms with E-state index in [0.29, 0.717) is 12.2 Å². The van der Waals surface area contributed by atoms with Crippen molar-refractivity contribution in [3.63, 3.8) is 0 Å². The van der Waals surface area contributed by atoms with Crippen LogP contribution in [0.2, 0.25) is 0 Å². The summed E-state index contributed by atoms with van der Waals surface area (Å²) in [7, 11) is 0. The molecular formula is C14H14N4O2. The number of anilines is 1. The van der Waals surface area contributed by atoms with Crippen molar-refractivity contribution in [3.05, 3.63) is 53.7 Å². The summed E-state index contributed by atoms with van der Waals surface area (Å²) in [5.41, 5.74) is 2.01. The number of hydrogen-bond acceptors (Lipinski definition) is 4. The summed E-state index contributed by atoms with van der Waals surface area (Å²) in [6, 6.07) is 10.2. The van der Waals surface area contributed by atoms with Crippen molar-refractivity contribution in [1.29, 1.82) is 0 Å². The van der Waals surface area contributed by atoms with Gasteiger partial charge in [-0.15, -0.1) is 5.10 Å². The number of benzene rings is 1. The highest BCUT2D eigenvalue weighted by Gasteiger charge is 2.31. The highest BCUT2D eigenvalue weighted by molar-refractivity contribution is 5.88. The van der Waals surface area contributed by atoms with E-state index in [-0.39, 0.29) is 0 Å². The average Bonchev–Trinajstić information content (AvgIpc) is 2.76. The Labute approximate surface area is 115 Å². The van der Waals surface area contributed by atoms with Crippen LogP contribution in [-0.2, 0) is 6.42 Å². The molecule has 20 heavy (non-hydrogen) atoms. The molecule has 2 atom stereocenters. The van der Waals surface area contributed by atoms with Gasteiger partial charge in [-0.05, 0) is 23.3 Å². The van der Waals surface area contributed by atoms with Gasteiger partial charge in [-0.25, -0.2) is 4.79 Å². The highest BCUT2D eigenvalue weighted by Crippen LogP contribution is 2.31. The van der Waals surface area contributed by atoms with Crippen molar-refractivity contribution >= 4 is 11.8 Å². The summed E-state index contributed by atoms with van der Waals surface area (Å²) in [6.07, 6.45) is 1.46. The molecule has 0 saturated heterocycles. The molecule has 3 rings (SSSR count). The Morgan fingerprint density at radius 3 is 2.90 bits per heavy atom. The van der Waals surface area contributed by atoms with Gasteiger partial charge >= 0.3 is 6.03 Å². The maximum atomic E-state index is 11.9. The van der Waals surface area contributed by atoms with Gasteiger partial charge in [0.05, 0.1) is 12.1 Å². The van der Waals surface area contributed by atoms with Gasteiger partial charge in [0, 0.05) is 12.6 Å². The predicted molar refractivity (Wildman–Crippen MR) is 73.1 cm³/mol. The first-order valence-electron chi connectivity index (χ1n) is 6.35. The Bertz CT molecular complexity index is 618. The zero-order chi connectivity index (χ0) is 13.9. The Morgan fingerprint density at radius 1 is 1.25 bits per heavy atom. The number of nitrogens with one attached hydrogen (secondary N) is 2. The number of aliphatic hydroxyl groups excluding tert-OH is 1. The van der Waals surface area contributed by atoms with E-state index in [2.05, 4.69) is 20.8 Å². The first-order valence-corrected chi connectivity index (χ1v) is 6.35. The molecule has 0 spiro atoms. The SMILES string of the molecule is O=C(Nc1cccnn1)N[C@H]1c2ccccc2C[C@H]1O. The van der Waals surface area contributed by atoms with Crippen LogP contribution in [0.25, 0.3) is 0 Å². The van der Waals surface area contributed by atoms with Crippen molar-refractivity contribution in [3.8, 4) is 0 Å². The third-order valence-corrected chi connectivity index (χ3v) is 3.30. The van der Waals surface area contributed by atoms with Gasteiger partial charge in [0.15, 0.2) is 5.82 Å². The largest absolute Gasteiger partial charge is 0.390 e. The zero-order valence-electron chi connectivity index (χ0n) is 10.7. The Hall–Kier alpha value is -2.47. The van der Waals surface area contributed by atoms with Gasteiger partial charge < -0.3 is 10.4 Å². The van der Waals surface area contributed by atoms with Gasteiger partial charge in [0.2, 0.25) is 0 Å². The fourth-order valence-corrected chi connectivity index (χ4v) is 2.41. The number of hydrogen-bond donors (Lipinski definition) is 3. The van der Waals surface area contributed by atoms with E-state index < -0.39 is 18.2 Å². The molecule has 0 aliphatic heterocycles. The molecule has 0 bridgehead atoms. The van der Waals surface area contributed by atoms with Crippen molar-refractivity contribution in [2.75, 3.05) is 5.32 Å². The van der Waals surface area contributed by atoms with E-state index in [9.17, 15) is 9.90 Å². The number of rotatable bonds is 2. The second-order valence-electron chi connectivity index (χ2n) is 4.66. The maximum Gasteiger partial charge on any atom is 0.321 e. The molecule has 0 unspecified atom stereocenters. The summed E-state index contributed by atoms with van der Waals surface area (Å²) >= 11 is 0. The number of aromatic nitrogens is 2. The summed E-state index contributed by atoms with van der Waals surface area (Å²) in [6.45, 7) is 0. The van der Waals surface area contributed by atoms with Gasteiger partial charge in [0.25, 0.3) is 0 Å². The minimum atomic E-state index is -0.611. The Morgan fingerprint density at radius 2 is 2.10 bits per heavy atom. The fraction of sp³-hybridized carbons (Fsp3) is 0.214. The standard InChI is InChI=1S/C14H14N4O2/c19-11-8-9-4-1-2-5-10(9)13(11)17-14(20)16-12-6-3-7-15-18-12/h1-7,11,13,19H,8H2,(H2,16,17,18,20)/t11-,13+/m1/s1. The van der Waals surface area contributed by atoms with E-state index in [1.54, 1.807) is 12.1 Å². The van der Waals surface area contributed by atoms with E-state index in [1.807, 2.05) is 24.3 Å². The molecule has 2 aromatic rings. The molecule has 2 amide bonds. The van der Waals surface area contributed by atoms with Crippen molar-refractivity contribution in [2.24, 2.45) is 0 Å². The van der Waals surface area contributed by atoms with E-state index >= 15 is 0 Å². The first-order chi connectivity index (χ1) is 9.74. The number of aliphatic hydroxyl groups is 1. The molecule has 0 radical (unpaired) electrons. The molecular weight excluding hydrogens is 256 g/mol. The highest BCUT2D eigenvalue weighted by atomic mass is 16.3. The van der Waals surface area contributed by atoms with E-state index in [1.165, 1.54) is 6.20 Å². The number of amides is 2. The molecule has 6 nitrogen and oxygen atoms in total. The van der Waals surface area contributed by atoms with Crippen molar-refractivity contribution in [1.82, 2.24) is 15.5 Å². The lowest BCUT2D eigenvalue weighted by Gasteiger charge is -2.18. The number of carbonyl (C=O) groups excluding carboxylic acids is 1. The van der Waals surface area contributed by atoms with Crippen LogP contribution < -0.4 is 10.6 Å². The monoisotopic (exact) mass is 270 g/mol. The molecule has 102 valence electrons. The number of nitrogens with zero attached hydrogens (tertiary/aromatic N) is 2. The molecule has 1 aliphatic rings. The second kappa shape index (κ2) is 5.26. The third-order valence-electron chi connectivity index (χ3n) is 3.30. The van der Waals surface area contributed by atoms with Crippen LogP contribution in [0.4, 0.5) is 10.6 Å². The van der Waals surface area contributed by atoms with Crippen LogP contribution >= 0.6 is 0 Å². The van der Waals surface area contributed by atoms with Gasteiger partial charge in [-0.1, -0.05) is 24.3 Å². The lowest BCUT2D eigenvalue weighted by atomic mass is 10.1. The smallest absolute Gasteiger partial charge is 0.321 e. The van der Waals surface area contributed by atoms with E-state index in [4.69, 9.17) is 0 Å². The number of carbonyl (C=O) groups is 1. The van der Waals surface area contributed by atoms with Crippen LogP contribution in [0.15, 0.2) is 42.6 Å². The topological polar surface area (TPSA) is 87.1 Å². The second-order valence-corrected chi connectivity index (χ2v) is 4.66. The normalized spacial score (nSPS) is 20.2. The van der Waals surface area contributed by atoms with Crippen LogP contribution in [0.3, 0.4) is 0 Å². The lowest BCUT2D eigenvalue weighted by Crippen LogP contribution is -2.37. The van der Waals surface area contributed by atoms with Crippen LogP contribution in [-0.4, -0.2) is 27.4 Å². The van der Waals surface area contributed by atoms with E-state index in [0.717, 1.165) is 11.1 Å². The summed E-state index contributed by atoms with van der Waals surface area (Å²) < 4.78 is 0. The predicted octanol–water partition coefficient (Wildman–Crippen LogP) is 1.26. The average molecular weight is 270 g/mol. The van der Waals surface area contributed by atoms with Crippen LogP contribution in [0.1, 0.15) is 17.2 Å². The molecule has 1 aromatic carbocycles. The molecule has 0 fully saturated rings. The van der Waals surface area contributed by atoms with Gasteiger partial charge in [-0.2, -0.15) is 5.10 Å². The quantitative estimate of drug-likeness (QED) is 0.766. The Balaban J connectivity index is 1.70. The zero-order valence-corrected chi connectivity index (χ0v) is 10.7. The third kappa shape index (κ3) is 2.46. The summed E-state index contributed by atoms with van der Waals surface area (Å²) in [5, 5.41) is 22.9. The molecule has 0 saturated carbocycles. The Kier molecular flexibility index (Phi) is 3.30. The minimum Gasteiger partial charge on any atom is -0.390 e. The molecule has 1 heterocycles. The van der Waals surface area contributed by atoms with Crippen molar-refractivity contribution in [2.45, 2.75) is 18.6 Å².